The van der Waals surface area contributed by atoms with Crippen LogP contribution in [-0.4, -0.2) is 35.8 Å². The van der Waals surface area contributed by atoms with E-state index in [1.165, 1.54) is 19.3 Å². The first-order chi connectivity index (χ1) is 8.22. The van der Waals surface area contributed by atoms with Crippen LogP contribution in [0, 0.1) is 5.92 Å². The molecule has 0 bridgehead atoms. The lowest BCUT2D eigenvalue weighted by molar-refractivity contribution is -0.134. The van der Waals surface area contributed by atoms with Gasteiger partial charge in [0, 0.05) is 19.0 Å². The normalized spacial score (nSPS) is 31.0. The van der Waals surface area contributed by atoms with Crippen LogP contribution in [0.4, 0.5) is 0 Å². The van der Waals surface area contributed by atoms with E-state index in [-0.39, 0.29) is 18.4 Å². The molecule has 2 rings (SSSR count). The van der Waals surface area contributed by atoms with Crippen LogP contribution in [0.3, 0.4) is 0 Å². The molecule has 4 nitrogen and oxygen atoms in total. The van der Waals surface area contributed by atoms with E-state index in [4.69, 9.17) is 0 Å². The molecular weight excluding hydrogens is 216 g/mol. The summed E-state index contributed by atoms with van der Waals surface area (Å²) in [5.74, 6) is 0.729. The Morgan fingerprint density at radius 1 is 1.29 bits per heavy atom. The van der Waals surface area contributed by atoms with Crippen molar-refractivity contribution in [2.75, 3.05) is 13.1 Å². The van der Waals surface area contributed by atoms with Crippen molar-refractivity contribution in [3.05, 3.63) is 0 Å². The zero-order valence-electron chi connectivity index (χ0n) is 10.6. The molecule has 0 aromatic carbocycles. The molecule has 1 heterocycles. The highest BCUT2D eigenvalue weighted by Crippen LogP contribution is 2.31. The Morgan fingerprint density at radius 3 is 2.82 bits per heavy atom. The van der Waals surface area contributed by atoms with Gasteiger partial charge in [0.25, 0.3) is 0 Å². The van der Waals surface area contributed by atoms with E-state index in [1.807, 2.05) is 4.90 Å². The second-order valence-corrected chi connectivity index (χ2v) is 5.13. The summed E-state index contributed by atoms with van der Waals surface area (Å²) >= 11 is 0. The van der Waals surface area contributed by atoms with E-state index in [9.17, 15) is 9.59 Å². The van der Waals surface area contributed by atoms with Crippen LogP contribution >= 0.6 is 0 Å². The summed E-state index contributed by atoms with van der Waals surface area (Å²) in [7, 11) is 0. The second kappa shape index (κ2) is 5.52. The van der Waals surface area contributed by atoms with Crippen LogP contribution in [0.25, 0.3) is 0 Å². The summed E-state index contributed by atoms with van der Waals surface area (Å²) in [5, 5.41) is 2.67. The van der Waals surface area contributed by atoms with E-state index < -0.39 is 0 Å². The Kier molecular flexibility index (Phi) is 4.02. The summed E-state index contributed by atoms with van der Waals surface area (Å²) in [6.07, 6.45) is 6.43. The van der Waals surface area contributed by atoms with Gasteiger partial charge >= 0.3 is 0 Å². The number of hydrogen-bond acceptors (Lipinski definition) is 2. The minimum Gasteiger partial charge on any atom is -0.347 e. The number of carbonyl (C=O) groups excluding carboxylic acids is 2. The molecule has 2 amide bonds. The van der Waals surface area contributed by atoms with Gasteiger partial charge < -0.3 is 10.2 Å². The van der Waals surface area contributed by atoms with Crippen LogP contribution in [0.5, 0.6) is 0 Å². The van der Waals surface area contributed by atoms with Crippen LogP contribution in [0.2, 0.25) is 0 Å². The van der Waals surface area contributed by atoms with Crippen molar-refractivity contribution < 1.29 is 9.59 Å². The molecule has 1 aliphatic heterocycles. The van der Waals surface area contributed by atoms with Gasteiger partial charge in [-0.1, -0.05) is 26.2 Å². The Labute approximate surface area is 103 Å². The molecule has 0 spiro atoms. The number of amides is 2. The molecule has 2 fully saturated rings. The van der Waals surface area contributed by atoms with Gasteiger partial charge in [-0.25, -0.2) is 0 Å². The number of nitrogens with zero attached hydrogens (tertiary/aromatic N) is 1. The fraction of sp³-hybridized carbons (Fsp3) is 0.846. The van der Waals surface area contributed by atoms with Crippen molar-refractivity contribution in [1.82, 2.24) is 10.2 Å². The van der Waals surface area contributed by atoms with E-state index in [1.54, 1.807) is 0 Å². The molecule has 2 atom stereocenters. The molecule has 4 heteroatoms. The van der Waals surface area contributed by atoms with Crippen molar-refractivity contribution in [2.24, 2.45) is 5.92 Å². The smallest absolute Gasteiger partial charge is 0.242 e. The maximum atomic E-state index is 12.0. The SMILES string of the molecule is CCC1CCCCC1N1CCC(=O)NCC1=O. The first-order valence-electron chi connectivity index (χ1n) is 6.78. The van der Waals surface area contributed by atoms with E-state index >= 15 is 0 Å². The maximum Gasteiger partial charge on any atom is 0.242 e. The van der Waals surface area contributed by atoms with Gasteiger partial charge in [0.2, 0.25) is 11.8 Å². The number of rotatable bonds is 2. The topological polar surface area (TPSA) is 49.4 Å². The molecule has 0 radical (unpaired) electrons. The van der Waals surface area contributed by atoms with Crippen LogP contribution in [0.1, 0.15) is 45.4 Å². The van der Waals surface area contributed by atoms with Crippen LogP contribution in [0.15, 0.2) is 0 Å². The van der Waals surface area contributed by atoms with Gasteiger partial charge in [0.05, 0.1) is 6.54 Å². The highest BCUT2D eigenvalue weighted by molar-refractivity contribution is 5.87. The molecule has 1 saturated carbocycles. The van der Waals surface area contributed by atoms with Gasteiger partial charge in [-0.05, 0) is 18.8 Å². The number of hydrogen-bond donors (Lipinski definition) is 1. The van der Waals surface area contributed by atoms with Gasteiger partial charge in [0.15, 0.2) is 0 Å². The maximum absolute atomic E-state index is 12.0. The summed E-state index contributed by atoms with van der Waals surface area (Å²) in [5.41, 5.74) is 0. The number of carbonyl (C=O) groups is 2. The summed E-state index contributed by atoms with van der Waals surface area (Å²) < 4.78 is 0. The Balaban J connectivity index is 2.07. The van der Waals surface area contributed by atoms with Crippen molar-refractivity contribution in [3.8, 4) is 0 Å². The van der Waals surface area contributed by atoms with Gasteiger partial charge in [-0.3, -0.25) is 9.59 Å². The largest absolute Gasteiger partial charge is 0.347 e. The average molecular weight is 238 g/mol. The monoisotopic (exact) mass is 238 g/mol. The third-order valence-corrected chi connectivity index (χ3v) is 4.13. The second-order valence-electron chi connectivity index (χ2n) is 5.13. The van der Waals surface area contributed by atoms with Crippen LogP contribution in [-0.2, 0) is 9.59 Å². The fourth-order valence-electron chi connectivity index (χ4n) is 3.14. The first-order valence-corrected chi connectivity index (χ1v) is 6.78. The Hall–Kier alpha value is -1.06. The van der Waals surface area contributed by atoms with Gasteiger partial charge in [-0.2, -0.15) is 0 Å². The molecule has 1 saturated heterocycles. The van der Waals surface area contributed by atoms with Crippen molar-refractivity contribution in [2.45, 2.75) is 51.5 Å². The van der Waals surface area contributed by atoms with Crippen molar-refractivity contribution in [3.63, 3.8) is 0 Å². The quantitative estimate of drug-likeness (QED) is 0.788. The van der Waals surface area contributed by atoms with Crippen molar-refractivity contribution in [1.29, 1.82) is 0 Å². The third kappa shape index (κ3) is 2.79. The molecule has 0 aromatic rings. The molecular formula is C13H22N2O2. The highest BCUT2D eigenvalue weighted by atomic mass is 16.2. The molecule has 1 N–H and O–H groups in total. The molecule has 96 valence electrons. The molecule has 2 aliphatic rings. The average Bonchev–Trinajstić information content (AvgIpc) is 2.52. The van der Waals surface area contributed by atoms with Gasteiger partial charge in [0.1, 0.15) is 0 Å². The zero-order valence-corrected chi connectivity index (χ0v) is 10.6. The highest BCUT2D eigenvalue weighted by Gasteiger charge is 2.33. The minimum absolute atomic E-state index is 0.00436. The fourth-order valence-corrected chi connectivity index (χ4v) is 3.14. The number of nitrogens with one attached hydrogen (secondary N) is 1. The van der Waals surface area contributed by atoms with E-state index in [0.717, 1.165) is 12.8 Å². The predicted molar refractivity (Wildman–Crippen MR) is 65.4 cm³/mol. The summed E-state index contributed by atoms with van der Waals surface area (Å²) in [4.78, 5) is 25.3. The van der Waals surface area contributed by atoms with Gasteiger partial charge in [-0.15, -0.1) is 0 Å². The lowest BCUT2D eigenvalue weighted by Gasteiger charge is -2.39. The summed E-state index contributed by atoms with van der Waals surface area (Å²) in [6.45, 7) is 2.99. The lowest BCUT2D eigenvalue weighted by Crippen LogP contribution is -2.47. The standard InChI is InChI=1S/C13H22N2O2/c1-2-10-5-3-4-6-11(10)15-8-7-12(16)14-9-13(15)17/h10-11H,2-9H2,1H3,(H,14,16). The molecule has 2 unspecified atom stereocenters. The Morgan fingerprint density at radius 2 is 2.06 bits per heavy atom. The summed E-state index contributed by atoms with van der Waals surface area (Å²) in [6, 6.07) is 0.369. The van der Waals surface area contributed by atoms with E-state index in [0.29, 0.717) is 24.9 Å². The predicted octanol–water partition coefficient (Wildman–Crippen LogP) is 1.30. The van der Waals surface area contributed by atoms with E-state index in [2.05, 4.69) is 12.2 Å². The first kappa shape index (κ1) is 12.4. The van der Waals surface area contributed by atoms with Crippen molar-refractivity contribution >= 4 is 11.8 Å². The molecule has 1 aliphatic carbocycles. The van der Waals surface area contributed by atoms with Crippen LogP contribution < -0.4 is 5.32 Å². The minimum atomic E-state index is 0.00436. The molecule has 17 heavy (non-hydrogen) atoms. The Bertz CT molecular complexity index is 304. The zero-order chi connectivity index (χ0) is 12.3. The lowest BCUT2D eigenvalue weighted by atomic mass is 9.82. The third-order valence-electron chi connectivity index (χ3n) is 4.13. The molecule has 0 aromatic heterocycles.